The van der Waals surface area contributed by atoms with Gasteiger partial charge in [-0.05, 0) is 60.6 Å². The molecule has 1 N–H and O–H groups in total. The standard InChI is InChI=1S/C23H30ClN3O3S/c1-17-14-19(24)5-6-20(17)25-23(31)27(9-8-26-10-12-30-13-11-26)16-18-4-7-21(28-2)22(15-18)29-3/h4-7,14-15H,8-13,16H2,1-3H3,(H,25,31). The molecule has 2 aromatic carbocycles. The van der Waals surface area contributed by atoms with E-state index in [1.54, 1.807) is 14.2 Å². The summed E-state index contributed by atoms with van der Waals surface area (Å²) in [6.07, 6.45) is 0. The molecule has 0 aromatic heterocycles. The highest BCUT2D eigenvalue weighted by molar-refractivity contribution is 7.80. The van der Waals surface area contributed by atoms with Gasteiger partial charge in [0.1, 0.15) is 0 Å². The van der Waals surface area contributed by atoms with Gasteiger partial charge in [-0.15, -0.1) is 0 Å². The van der Waals surface area contributed by atoms with Crippen LogP contribution in [0.15, 0.2) is 36.4 Å². The normalized spacial score (nSPS) is 14.2. The van der Waals surface area contributed by atoms with E-state index < -0.39 is 0 Å². The molecule has 0 unspecified atom stereocenters. The summed E-state index contributed by atoms with van der Waals surface area (Å²) in [5.74, 6) is 1.42. The van der Waals surface area contributed by atoms with Gasteiger partial charge in [0.05, 0.1) is 27.4 Å². The number of ether oxygens (including phenoxy) is 3. The monoisotopic (exact) mass is 463 g/mol. The lowest BCUT2D eigenvalue weighted by atomic mass is 10.2. The van der Waals surface area contributed by atoms with E-state index in [4.69, 9.17) is 38.0 Å². The lowest BCUT2D eigenvalue weighted by molar-refractivity contribution is 0.0358. The van der Waals surface area contributed by atoms with Gasteiger partial charge in [0.25, 0.3) is 0 Å². The van der Waals surface area contributed by atoms with Gasteiger partial charge in [-0.3, -0.25) is 4.90 Å². The number of nitrogens with one attached hydrogen (secondary N) is 1. The number of nitrogens with zero attached hydrogens (tertiary/aromatic N) is 2. The minimum atomic E-state index is 0.656. The zero-order chi connectivity index (χ0) is 22.2. The van der Waals surface area contributed by atoms with Crippen LogP contribution in [0.25, 0.3) is 0 Å². The minimum absolute atomic E-state index is 0.656. The van der Waals surface area contributed by atoms with Crippen LogP contribution in [0.4, 0.5) is 5.69 Å². The summed E-state index contributed by atoms with van der Waals surface area (Å²) in [6, 6.07) is 11.7. The van der Waals surface area contributed by atoms with Crippen LogP contribution >= 0.6 is 23.8 Å². The van der Waals surface area contributed by atoms with Crippen molar-refractivity contribution >= 4 is 34.6 Å². The molecule has 1 aliphatic heterocycles. The number of hydrogen-bond acceptors (Lipinski definition) is 5. The van der Waals surface area contributed by atoms with Crippen molar-refractivity contribution in [3.63, 3.8) is 0 Å². The molecule has 0 bridgehead atoms. The van der Waals surface area contributed by atoms with Crippen LogP contribution in [0.3, 0.4) is 0 Å². The highest BCUT2D eigenvalue weighted by Crippen LogP contribution is 2.28. The fourth-order valence-electron chi connectivity index (χ4n) is 3.50. The summed E-state index contributed by atoms with van der Waals surface area (Å²) in [4.78, 5) is 4.58. The molecule has 8 heteroatoms. The van der Waals surface area contributed by atoms with Crippen LogP contribution < -0.4 is 14.8 Å². The molecule has 0 radical (unpaired) electrons. The molecule has 1 fully saturated rings. The molecule has 0 atom stereocenters. The Morgan fingerprint density at radius 3 is 2.55 bits per heavy atom. The molecular weight excluding hydrogens is 434 g/mol. The number of methoxy groups -OCH3 is 2. The van der Waals surface area contributed by atoms with E-state index >= 15 is 0 Å². The fraction of sp³-hybridized carbons (Fsp3) is 0.435. The molecule has 2 aromatic rings. The van der Waals surface area contributed by atoms with Crippen LogP contribution in [-0.4, -0.2) is 68.5 Å². The van der Waals surface area contributed by atoms with Gasteiger partial charge in [-0.25, -0.2) is 0 Å². The second-order valence-electron chi connectivity index (χ2n) is 7.45. The number of benzene rings is 2. The summed E-state index contributed by atoms with van der Waals surface area (Å²) in [6.45, 7) is 7.84. The summed E-state index contributed by atoms with van der Waals surface area (Å²) in [7, 11) is 3.28. The molecule has 1 aliphatic rings. The number of rotatable bonds is 8. The van der Waals surface area contributed by atoms with Crippen molar-refractivity contribution in [1.82, 2.24) is 9.80 Å². The largest absolute Gasteiger partial charge is 0.493 e. The molecule has 0 saturated carbocycles. The molecule has 6 nitrogen and oxygen atoms in total. The Hall–Kier alpha value is -2.06. The third-order valence-electron chi connectivity index (χ3n) is 5.33. The van der Waals surface area contributed by atoms with Crippen molar-refractivity contribution in [2.45, 2.75) is 13.5 Å². The fourth-order valence-corrected chi connectivity index (χ4v) is 3.99. The molecular formula is C23H30ClN3O3S. The van der Waals surface area contributed by atoms with Crippen molar-refractivity contribution < 1.29 is 14.2 Å². The Labute approximate surface area is 195 Å². The Kier molecular flexibility index (Phi) is 8.78. The van der Waals surface area contributed by atoms with Gasteiger partial charge >= 0.3 is 0 Å². The summed E-state index contributed by atoms with van der Waals surface area (Å²) in [5.41, 5.74) is 3.10. The molecule has 168 valence electrons. The average molecular weight is 464 g/mol. The van der Waals surface area contributed by atoms with Gasteiger partial charge in [0.15, 0.2) is 16.6 Å². The van der Waals surface area contributed by atoms with Crippen LogP contribution in [0.1, 0.15) is 11.1 Å². The summed E-state index contributed by atoms with van der Waals surface area (Å²) in [5, 5.41) is 4.78. The maximum Gasteiger partial charge on any atom is 0.173 e. The quantitative estimate of drug-likeness (QED) is 0.589. The first-order valence-electron chi connectivity index (χ1n) is 10.3. The van der Waals surface area contributed by atoms with Crippen molar-refractivity contribution in [1.29, 1.82) is 0 Å². The first-order valence-corrected chi connectivity index (χ1v) is 11.1. The number of morpholine rings is 1. The van der Waals surface area contributed by atoms with Gasteiger partial charge in [0, 0.05) is 43.4 Å². The molecule has 0 spiro atoms. The smallest absolute Gasteiger partial charge is 0.173 e. The average Bonchev–Trinajstić information content (AvgIpc) is 2.78. The number of hydrogen-bond donors (Lipinski definition) is 1. The lowest BCUT2D eigenvalue weighted by Gasteiger charge is -2.31. The highest BCUT2D eigenvalue weighted by Gasteiger charge is 2.17. The zero-order valence-corrected chi connectivity index (χ0v) is 19.9. The topological polar surface area (TPSA) is 46.2 Å². The van der Waals surface area contributed by atoms with Crippen molar-refractivity contribution in [2.75, 3.05) is 58.9 Å². The number of anilines is 1. The zero-order valence-electron chi connectivity index (χ0n) is 18.3. The van der Waals surface area contributed by atoms with Crippen LogP contribution in [-0.2, 0) is 11.3 Å². The van der Waals surface area contributed by atoms with Crippen LogP contribution in [0, 0.1) is 6.92 Å². The molecule has 31 heavy (non-hydrogen) atoms. The predicted molar refractivity (Wildman–Crippen MR) is 130 cm³/mol. The minimum Gasteiger partial charge on any atom is -0.493 e. The number of halogens is 1. The van der Waals surface area contributed by atoms with E-state index in [2.05, 4.69) is 15.1 Å². The van der Waals surface area contributed by atoms with Crippen molar-refractivity contribution in [3.05, 3.63) is 52.5 Å². The maximum atomic E-state index is 6.10. The summed E-state index contributed by atoms with van der Waals surface area (Å²) >= 11 is 11.9. The molecule has 1 heterocycles. The Morgan fingerprint density at radius 2 is 1.87 bits per heavy atom. The third-order valence-corrected chi connectivity index (χ3v) is 5.92. The number of thiocarbonyl (C=S) groups is 1. The van der Waals surface area contributed by atoms with E-state index in [1.165, 1.54) is 0 Å². The highest BCUT2D eigenvalue weighted by atomic mass is 35.5. The molecule has 0 aliphatic carbocycles. The SMILES string of the molecule is COc1ccc(CN(CCN2CCOCC2)C(=S)Nc2ccc(Cl)cc2C)cc1OC. The number of aryl methyl sites for hydroxylation is 1. The first-order chi connectivity index (χ1) is 15.0. The van der Waals surface area contributed by atoms with Gasteiger partial charge in [-0.1, -0.05) is 17.7 Å². The van der Waals surface area contributed by atoms with Gasteiger partial charge in [-0.2, -0.15) is 0 Å². The molecule has 0 amide bonds. The van der Waals surface area contributed by atoms with E-state index in [0.29, 0.717) is 28.2 Å². The summed E-state index contributed by atoms with van der Waals surface area (Å²) < 4.78 is 16.3. The first kappa shape index (κ1) is 23.6. The van der Waals surface area contributed by atoms with E-state index in [9.17, 15) is 0 Å². The third kappa shape index (κ3) is 6.71. The Bertz CT molecular complexity index is 890. The van der Waals surface area contributed by atoms with Crippen LogP contribution in [0.5, 0.6) is 11.5 Å². The van der Waals surface area contributed by atoms with Gasteiger partial charge < -0.3 is 24.4 Å². The maximum absolute atomic E-state index is 6.10. The Morgan fingerprint density at radius 1 is 1.13 bits per heavy atom. The van der Waals surface area contributed by atoms with E-state index in [1.807, 2.05) is 43.3 Å². The second kappa shape index (κ2) is 11.5. The molecule has 1 saturated heterocycles. The predicted octanol–water partition coefficient (Wildman–Crippen LogP) is 4.20. The Balaban J connectivity index is 1.75. The van der Waals surface area contributed by atoms with Crippen molar-refractivity contribution in [2.24, 2.45) is 0 Å². The van der Waals surface area contributed by atoms with Crippen molar-refractivity contribution in [3.8, 4) is 11.5 Å². The molecule has 3 rings (SSSR count). The van der Waals surface area contributed by atoms with Gasteiger partial charge in [0.2, 0.25) is 0 Å². The van der Waals surface area contributed by atoms with E-state index in [0.717, 1.165) is 56.2 Å². The van der Waals surface area contributed by atoms with E-state index in [-0.39, 0.29) is 0 Å². The van der Waals surface area contributed by atoms with Crippen LogP contribution in [0.2, 0.25) is 5.02 Å². The lowest BCUT2D eigenvalue weighted by Crippen LogP contribution is -2.44. The second-order valence-corrected chi connectivity index (χ2v) is 8.28.